The standard InChI is InChI=1S/C13H11BrN2OS/c1-9-2-4-10(5-3-9)13(17)16-15-7-12-6-11(14)8-18-12/h2-8H,1H3,(H,16,17)/b15-7-. The smallest absolute Gasteiger partial charge is 0.267 e. The van der Waals surface area contributed by atoms with E-state index in [1.165, 1.54) is 0 Å². The Kier molecular flexibility index (Phi) is 4.28. The molecule has 2 rings (SSSR count). The van der Waals surface area contributed by atoms with E-state index < -0.39 is 0 Å². The first kappa shape index (κ1) is 13.0. The Morgan fingerprint density at radius 3 is 2.72 bits per heavy atom. The van der Waals surface area contributed by atoms with Crippen molar-refractivity contribution >= 4 is 39.4 Å². The molecule has 0 aliphatic carbocycles. The summed E-state index contributed by atoms with van der Waals surface area (Å²) in [6.07, 6.45) is 1.63. The summed E-state index contributed by atoms with van der Waals surface area (Å²) in [7, 11) is 0. The zero-order valence-corrected chi connectivity index (χ0v) is 12.1. The van der Waals surface area contributed by atoms with E-state index in [2.05, 4.69) is 26.5 Å². The predicted molar refractivity (Wildman–Crippen MR) is 78.3 cm³/mol. The van der Waals surface area contributed by atoms with Gasteiger partial charge in [-0.2, -0.15) is 5.10 Å². The molecule has 0 saturated carbocycles. The van der Waals surface area contributed by atoms with Crippen LogP contribution in [0.3, 0.4) is 0 Å². The number of hydrazone groups is 1. The summed E-state index contributed by atoms with van der Waals surface area (Å²) in [6, 6.07) is 9.29. The van der Waals surface area contributed by atoms with E-state index in [0.717, 1.165) is 14.9 Å². The molecule has 2 aromatic rings. The van der Waals surface area contributed by atoms with Gasteiger partial charge in [-0.3, -0.25) is 4.79 Å². The first-order valence-corrected chi connectivity index (χ1v) is 6.96. The van der Waals surface area contributed by atoms with Crippen molar-refractivity contribution < 1.29 is 4.79 Å². The number of aryl methyl sites for hydroxylation is 1. The van der Waals surface area contributed by atoms with Crippen LogP contribution in [0.5, 0.6) is 0 Å². The molecule has 0 bridgehead atoms. The lowest BCUT2D eigenvalue weighted by molar-refractivity contribution is 0.0955. The summed E-state index contributed by atoms with van der Waals surface area (Å²) >= 11 is 4.91. The molecular weight excluding hydrogens is 312 g/mol. The zero-order valence-electron chi connectivity index (χ0n) is 9.68. The monoisotopic (exact) mass is 322 g/mol. The molecule has 0 aliphatic rings. The van der Waals surface area contributed by atoms with Gasteiger partial charge in [-0.15, -0.1) is 11.3 Å². The number of carbonyl (C=O) groups is 1. The minimum atomic E-state index is -0.207. The molecule has 0 radical (unpaired) electrons. The van der Waals surface area contributed by atoms with Gasteiger partial charge in [0.1, 0.15) is 0 Å². The van der Waals surface area contributed by atoms with Crippen LogP contribution in [0.1, 0.15) is 20.8 Å². The third-order valence-electron chi connectivity index (χ3n) is 2.26. The number of hydrogen-bond donors (Lipinski definition) is 1. The average Bonchev–Trinajstić information content (AvgIpc) is 2.76. The molecule has 18 heavy (non-hydrogen) atoms. The van der Waals surface area contributed by atoms with Gasteiger partial charge in [-0.1, -0.05) is 17.7 Å². The molecule has 0 unspecified atom stereocenters. The number of carbonyl (C=O) groups excluding carboxylic acids is 1. The maximum atomic E-state index is 11.7. The highest BCUT2D eigenvalue weighted by Crippen LogP contribution is 2.17. The van der Waals surface area contributed by atoms with E-state index in [1.807, 2.05) is 30.5 Å². The van der Waals surface area contributed by atoms with Crippen LogP contribution >= 0.6 is 27.3 Å². The predicted octanol–water partition coefficient (Wildman–Crippen LogP) is 3.58. The number of amides is 1. The molecule has 3 nitrogen and oxygen atoms in total. The molecule has 0 fully saturated rings. The number of nitrogens with zero attached hydrogens (tertiary/aromatic N) is 1. The normalized spacial score (nSPS) is 10.8. The van der Waals surface area contributed by atoms with Crippen LogP contribution in [0.15, 0.2) is 45.3 Å². The fourth-order valence-electron chi connectivity index (χ4n) is 1.32. The second-order valence-corrected chi connectivity index (χ2v) is 5.59. The van der Waals surface area contributed by atoms with Crippen molar-refractivity contribution in [1.82, 2.24) is 5.43 Å². The van der Waals surface area contributed by atoms with Crippen molar-refractivity contribution in [2.75, 3.05) is 0 Å². The third kappa shape index (κ3) is 3.51. The minimum Gasteiger partial charge on any atom is -0.267 e. The topological polar surface area (TPSA) is 41.5 Å². The lowest BCUT2D eigenvalue weighted by Gasteiger charge is -1.99. The zero-order chi connectivity index (χ0) is 13.0. The molecule has 0 spiro atoms. The Morgan fingerprint density at radius 2 is 2.11 bits per heavy atom. The van der Waals surface area contributed by atoms with E-state index in [1.54, 1.807) is 29.7 Å². The second kappa shape index (κ2) is 5.93. The number of thiophene rings is 1. The lowest BCUT2D eigenvalue weighted by Crippen LogP contribution is -2.17. The Bertz CT molecular complexity index is 575. The molecule has 0 atom stereocenters. The van der Waals surface area contributed by atoms with Crippen LogP contribution in [0.2, 0.25) is 0 Å². The van der Waals surface area contributed by atoms with Gasteiger partial charge in [0.2, 0.25) is 0 Å². The van der Waals surface area contributed by atoms with Gasteiger partial charge >= 0.3 is 0 Å². The number of hydrogen-bond acceptors (Lipinski definition) is 3. The van der Waals surface area contributed by atoms with E-state index in [-0.39, 0.29) is 5.91 Å². The molecule has 1 aromatic heterocycles. The fourth-order valence-corrected chi connectivity index (χ4v) is 2.62. The minimum absolute atomic E-state index is 0.207. The molecule has 1 amide bonds. The Labute approximate surface area is 118 Å². The molecule has 1 N–H and O–H groups in total. The van der Waals surface area contributed by atoms with E-state index in [4.69, 9.17) is 0 Å². The molecule has 0 aliphatic heterocycles. The molecule has 1 aromatic carbocycles. The summed E-state index contributed by atoms with van der Waals surface area (Å²) in [4.78, 5) is 12.7. The highest BCUT2D eigenvalue weighted by Gasteiger charge is 2.02. The van der Waals surface area contributed by atoms with Crippen LogP contribution in [0.4, 0.5) is 0 Å². The summed E-state index contributed by atoms with van der Waals surface area (Å²) in [5, 5.41) is 5.88. The molecule has 92 valence electrons. The highest BCUT2D eigenvalue weighted by molar-refractivity contribution is 9.10. The van der Waals surface area contributed by atoms with E-state index in [0.29, 0.717) is 5.56 Å². The second-order valence-electron chi connectivity index (χ2n) is 3.73. The van der Waals surface area contributed by atoms with Gasteiger partial charge in [0.15, 0.2) is 0 Å². The quantitative estimate of drug-likeness (QED) is 0.681. The maximum Gasteiger partial charge on any atom is 0.271 e. The van der Waals surface area contributed by atoms with Crippen LogP contribution in [0.25, 0.3) is 0 Å². The van der Waals surface area contributed by atoms with Gasteiger partial charge in [-0.25, -0.2) is 5.43 Å². The highest BCUT2D eigenvalue weighted by atomic mass is 79.9. The summed E-state index contributed by atoms with van der Waals surface area (Å²) < 4.78 is 1.01. The molecule has 5 heteroatoms. The van der Waals surface area contributed by atoms with Gasteiger partial charge in [0.05, 0.1) is 6.21 Å². The molecule has 0 saturated heterocycles. The van der Waals surface area contributed by atoms with Crippen molar-refractivity contribution in [3.05, 3.63) is 56.2 Å². The van der Waals surface area contributed by atoms with Crippen molar-refractivity contribution in [3.8, 4) is 0 Å². The Balaban J connectivity index is 1.96. The summed E-state index contributed by atoms with van der Waals surface area (Å²) in [6.45, 7) is 1.98. The number of rotatable bonds is 3. The fraction of sp³-hybridized carbons (Fsp3) is 0.0769. The van der Waals surface area contributed by atoms with E-state index >= 15 is 0 Å². The average molecular weight is 323 g/mol. The number of benzene rings is 1. The molecular formula is C13H11BrN2OS. The SMILES string of the molecule is Cc1ccc(C(=O)N/N=C\c2cc(Br)cs2)cc1. The van der Waals surface area contributed by atoms with E-state index in [9.17, 15) is 4.79 Å². The van der Waals surface area contributed by atoms with Crippen molar-refractivity contribution in [3.63, 3.8) is 0 Å². The Morgan fingerprint density at radius 1 is 1.39 bits per heavy atom. The first-order chi connectivity index (χ1) is 8.65. The largest absolute Gasteiger partial charge is 0.271 e. The lowest BCUT2D eigenvalue weighted by atomic mass is 10.1. The summed E-state index contributed by atoms with van der Waals surface area (Å²) in [5.41, 5.74) is 4.22. The van der Waals surface area contributed by atoms with Crippen LogP contribution in [-0.2, 0) is 0 Å². The number of nitrogens with one attached hydrogen (secondary N) is 1. The first-order valence-electron chi connectivity index (χ1n) is 5.29. The van der Waals surface area contributed by atoms with Gasteiger partial charge in [-0.05, 0) is 41.1 Å². The third-order valence-corrected chi connectivity index (χ3v) is 3.89. The number of halogens is 1. The van der Waals surface area contributed by atoms with Crippen molar-refractivity contribution in [2.24, 2.45) is 5.10 Å². The van der Waals surface area contributed by atoms with Crippen LogP contribution in [0, 0.1) is 6.92 Å². The van der Waals surface area contributed by atoms with Gasteiger partial charge in [0, 0.05) is 20.3 Å². The summed E-state index contributed by atoms with van der Waals surface area (Å²) in [5.74, 6) is -0.207. The Hall–Kier alpha value is -1.46. The van der Waals surface area contributed by atoms with Gasteiger partial charge in [0.25, 0.3) is 5.91 Å². The van der Waals surface area contributed by atoms with Crippen LogP contribution < -0.4 is 5.43 Å². The molecule has 1 heterocycles. The van der Waals surface area contributed by atoms with Gasteiger partial charge < -0.3 is 0 Å². The maximum absolute atomic E-state index is 11.7. The van der Waals surface area contributed by atoms with Crippen molar-refractivity contribution in [1.29, 1.82) is 0 Å². The van der Waals surface area contributed by atoms with Crippen LogP contribution in [-0.4, -0.2) is 12.1 Å². The van der Waals surface area contributed by atoms with Crippen molar-refractivity contribution in [2.45, 2.75) is 6.92 Å².